The molecule has 0 aromatic carbocycles. The highest BCUT2D eigenvalue weighted by Crippen LogP contribution is 2.42. The lowest BCUT2D eigenvalue weighted by Crippen LogP contribution is -2.47. The van der Waals surface area contributed by atoms with Crippen molar-refractivity contribution in [3.8, 4) is 0 Å². The number of amides is 2. The summed E-state index contributed by atoms with van der Waals surface area (Å²) in [6, 6.07) is 2.74. The molecule has 6 rings (SSSR count). The van der Waals surface area contributed by atoms with E-state index >= 15 is 0 Å². The number of hydrogen-bond acceptors (Lipinski definition) is 6. The van der Waals surface area contributed by atoms with Gasteiger partial charge in [0.2, 0.25) is 11.8 Å². The number of nitrogens with one attached hydrogen (secondary N) is 2. The number of hydrogen-bond donors (Lipinski definition) is 2. The molecule has 15 heteroatoms. The molecule has 250 valence electrons. The number of aryl methyl sites for hydroxylation is 1. The summed E-state index contributed by atoms with van der Waals surface area (Å²) in [5.74, 6) is -6.44. The predicted molar refractivity (Wildman–Crippen MR) is 158 cm³/mol. The fourth-order valence-corrected chi connectivity index (χ4v) is 7.06. The van der Waals surface area contributed by atoms with Crippen molar-refractivity contribution >= 4 is 23.1 Å². The maximum absolute atomic E-state index is 14.1. The molecule has 3 fully saturated rings. The summed E-state index contributed by atoms with van der Waals surface area (Å²) in [4.78, 5) is 33.1. The fourth-order valence-electron chi connectivity index (χ4n) is 7.06. The van der Waals surface area contributed by atoms with Crippen LogP contribution in [0.5, 0.6) is 0 Å². The van der Waals surface area contributed by atoms with E-state index in [4.69, 9.17) is 10.1 Å². The van der Waals surface area contributed by atoms with Gasteiger partial charge in [-0.25, -0.2) is 18.3 Å². The van der Waals surface area contributed by atoms with Crippen LogP contribution < -0.4 is 15.5 Å². The Morgan fingerprint density at radius 3 is 2.61 bits per heavy atom. The van der Waals surface area contributed by atoms with Crippen molar-refractivity contribution in [2.75, 3.05) is 24.5 Å². The number of halogens is 5. The standard InChI is InChI=1S/C31H39F5N8O2/c1-2-43-24(8-11-38-43)29(46)40-27(19-6-9-30(32,33)10-7-19)23-18-44-26(39-23)16-25(42-12-4-3-5-13-42)22(41-44)15-20-14-21(31(34,35)36)17-37-28(20)45/h8,11,16,18-21,27H,2-7,9-10,12-15,17H2,1H3,(H,37,45)(H,40,46)/t20-,21-,27+/m1/s1. The van der Waals surface area contributed by atoms with Crippen LogP contribution in [0.2, 0.25) is 0 Å². The third-order valence-corrected chi connectivity index (χ3v) is 9.67. The van der Waals surface area contributed by atoms with Crippen LogP contribution in [0, 0.1) is 17.8 Å². The predicted octanol–water partition coefficient (Wildman–Crippen LogP) is 5.09. The van der Waals surface area contributed by atoms with Gasteiger partial charge in [0.1, 0.15) is 5.69 Å². The Bertz CT molecular complexity index is 1550. The van der Waals surface area contributed by atoms with Crippen molar-refractivity contribution in [1.82, 2.24) is 35.0 Å². The van der Waals surface area contributed by atoms with Crippen LogP contribution in [0.4, 0.5) is 27.6 Å². The highest BCUT2D eigenvalue weighted by Gasteiger charge is 2.45. The molecule has 1 aliphatic carbocycles. The lowest BCUT2D eigenvalue weighted by Gasteiger charge is -2.33. The molecule has 3 aromatic heterocycles. The summed E-state index contributed by atoms with van der Waals surface area (Å²) in [6.07, 6.45) is 1.18. The lowest BCUT2D eigenvalue weighted by atomic mass is 9.81. The first-order valence-corrected chi connectivity index (χ1v) is 16.1. The number of piperidine rings is 2. The Morgan fingerprint density at radius 2 is 1.91 bits per heavy atom. The van der Waals surface area contributed by atoms with Gasteiger partial charge in [0.05, 0.1) is 35.2 Å². The quantitative estimate of drug-likeness (QED) is 0.329. The average Bonchev–Trinajstić information content (AvgIpc) is 3.67. The molecular formula is C31H39F5N8O2. The van der Waals surface area contributed by atoms with Gasteiger partial charge in [0.25, 0.3) is 5.91 Å². The fraction of sp³-hybridized carbons (Fsp3) is 0.645. The van der Waals surface area contributed by atoms with Crippen molar-refractivity contribution in [2.45, 2.75) is 89.4 Å². The van der Waals surface area contributed by atoms with Crippen LogP contribution >= 0.6 is 0 Å². The minimum absolute atomic E-state index is 0.0204. The highest BCUT2D eigenvalue weighted by atomic mass is 19.4. The molecule has 3 aromatic rings. The van der Waals surface area contributed by atoms with Gasteiger partial charge in [-0.3, -0.25) is 14.3 Å². The Hall–Kier alpha value is -3.78. The second-order valence-electron chi connectivity index (χ2n) is 12.8. The summed E-state index contributed by atoms with van der Waals surface area (Å²) in [5, 5.41) is 14.4. The third-order valence-electron chi connectivity index (χ3n) is 9.67. The minimum atomic E-state index is -4.42. The maximum Gasteiger partial charge on any atom is 0.393 e. The first kappa shape index (κ1) is 32.2. The van der Waals surface area contributed by atoms with Gasteiger partial charge < -0.3 is 15.5 Å². The van der Waals surface area contributed by atoms with Gasteiger partial charge in [-0.15, -0.1) is 0 Å². The van der Waals surface area contributed by atoms with E-state index in [0.29, 0.717) is 29.3 Å². The van der Waals surface area contributed by atoms with Crippen LogP contribution in [-0.4, -0.2) is 67.9 Å². The minimum Gasteiger partial charge on any atom is -0.370 e. The average molecular weight is 651 g/mol. The molecule has 1 saturated carbocycles. The highest BCUT2D eigenvalue weighted by molar-refractivity contribution is 5.92. The normalized spacial score (nSPS) is 23.3. The summed E-state index contributed by atoms with van der Waals surface area (Å²) >= 11 is 0. The summed E-state index contributed by atoms with van der Waals surface area (Å²) in [7, 11) is 0. The molecule has 0 radical (unpaired) electrons. The van der Waals surface area contributed by atoms with Gasteiger partial charge in [-0.05, 0) is 57.4 Å². The molecule has 3 aliphatic rings. The molecule has 2 aliphatic heterocycles. The molecule has 0 unspecified atom stereocenters. The van der Waals surface area contributed by atoms with E-state index in [1.807, 2.05) is 13.0 Å². The van der Waals surface area contributed by atoms with Gasteiger partial charge >= 0.3 is 6.18 Å². The molecular weight excluding hydrogens is 611 g/mol. The van der Waals surface area contributed by atoms with E-state index in [1.165, 1.54) is 10.7 Å². The first-order chi connectivity index (χ1) is 21.9. The monoisotopic (exact) mass is 650 g/mol. The zero-order valence-electron chi connectivity index (χ0n) is 25.7. The number of carbonyl (C=O) groups is 2. The van der Waals surface area contributed by atoms with Gasteiger partial charge in [0.15, 0.2) is 5.65 Å². The zero-order chi connectivity index (χ0) is 32.6. The van der Waals surface area contributed by atoms with Crippen molar-refractivity contribution in [2.24, 2.45) is 17.8 Å². The molecule has 3 atom stereocenters. The van der Waals surface area contributed by atoms with E-state index < -0.39 is 48.3 Å². The second-order valence-corrected chi connectivity index (χ2v) is 12.8. The SMILES string of the molecule is CCn1nccc1C(=O)N[C@H](c1cn2nc(C[C@H]3C[C@@H](C(F)(F)F)CNC3=O)c(N3CCCCC3)cc2n1)C1CCC(F)(F)CC1. The van der Waals surface area contributed by atoms with E-state index in [0.717, 1.165) is 38.0 Å². The molecule has 2 N–H and O–H groups in total. The second kappa shape index (κ2) is 12.8. The smallest absolute Gasteiger partial charge is 0.370 e. The van der Waals surface area contributed by atoms with Crippen LogP contribution in [0.3, 0.4) is 0 Å². The van der Waals surface area contributed by atoms with Crippen molar-refractivity contribution in [1.29, 1.82) is 0 Å². The number of aromatic nitrogens is 5. The number of carbonyl (C=O) groups excluding carboxylic acids is 2. The summed E-state index contributed by atoms with van der Waals surface area (Å²) in [6.45, 7) is 3.37. The molecule has 5 heterocycles. The molecule has 2 saturated heterocycles. The summed E-state index contributed by atoms with van der Waals surface area (Å²) in [5.41, 5.74) is 2.46. The van der Waals surface area contributed by atoms with Crippen LogP contribution in [0.15, 0.2) is 24.5 Å². The molecule has 2 amide bonds. The van der Waals surface area contributed by atoms with Crippen LogP contribution in [0.25, 0.3) is 5.65 Å². The molecule has 46 heavy (non-hydrogen) atoms. The molecule has 0 bridgehead atoms. The largest absolute Gasteiger partial charge is 0.393 e. The number of imidazole rings is 1. The number of nitrogens with zero attached hydrogens (tertiary/aromatic N) is 6. The molecule has 0 spiro atoms. The van der Waals surface area contributed by atoms with Gasteiger partial charge in [-0.1, -0.05) is 0 Å². The number of rotatable bonds is 8. The zero-order valence-corrected chi connectivity index (χ0v) is 25.7. The Labute approximate surface area is 263 Å². The Balaban J connectivity index is 1.35. The van der Waals surface area contributed by atoms with Crippen molar-refractivity contribution < 1.29 is 31.5 Å². The molecule has 10 nitrogen and oxygen atoms in total. The van der Waals surface area contributed by atoms with Crippen molar-refractivity contribution in [3.63, 3.8) is 0 Å². The van der Waals surface area contributed by atoms with E-state index in [9.17, 15) is 31.5 Å². The van der Waals surface area contributed by atoms with Crippen LogP contribution in [0.1, 0.15) is 86.2 Å². The Morgan fingerprint density at radius 1 is 1.17 bits per heavy atom. The van der Waals surface area contributed by atoms with E-state index in [2.05, 4.69) is 20.6 Å². The first-order valence-electron chi connectivity index (χ1n) is 16.1. The summed E-state index contributed by atoms with van der Waals surface area (Å²) < 4.78 is 72.1. The lowest BCUT2D eigenvalue weighted by molar-refractivity contribution is -0.183. The van der Waals surface area contributed by atoms with Crippen molar-refractivity contribution in [3.05, 3.63) is 41.6 Å². The van der Waals surface area contributed by atoms with Gasteiger partial charge in [0, 0.05) is 63.6 Å². The van der Waals surface area contributed by atoms with Crippen LogP contribution in [-0.2, 0) is 17.8 Å². The number of alkyl halides is 5. The number of fused-ring (bicyclic) bond motifs is 1. The van der Waals surface area contributed by atoms with E-state index in [1.54, 1.807) is 16.9 Å². The van der Waals surface area contributed by atoms with Gasteiger partial charge in [-0.2, -0.15) is 23.4 Å². The van der Waals surface area contributed by atoms with E-state index in [-0.39, 0.29) is 44.4 Å². The third kappa shape index (κ3) is 6.82. The Kier molecular flexibility index (Phi) is 8.94. The number of anilines is 1. The maximum atomic E-state index is 14.1. The topological polar surface area (TPSA) is 109 Å².